The van der Waals surface area contributed by atoms with Crippen molar-refractivity contribution in [3.63, 3.8) is 0 Å². The molecule has 1 N–H and O–H groups in total. The number of hydrogen-bond donors (Lipinski definition) is 1. The number of amides is 1. The van der Waals surface area contributed by atoms with Crippen molar-refractivity contribution in [2.75, 3.05) is 6.26 Å². The Bertz CT molecular complexity index is 855. The number of carbonyl (C=O) groups is 1. The molecule has 0 radical (unpaired) electrons. The van der Waals surface area contributed by atoms with Crippen molar-refractivity contribution >= 4 is 15.7 Å². The molecule has 0 fully saturated rings. The Balaban J connectivity index is 1.77. The van der Waals surface area contributed by atoms with Gasteiger partial charge in [-0.3, -0.25) is 4.79 Å². The Hall–Kier alpha value is -2.15. The van der Waals surface area contributed by atoms with Gasteiger partial charge in [-0.1, -0.05) is 6.07 Å². The summed E-state index contributed by atoms with van der Waals surface area (Å²) in [6.07, 6.45) is 6.46. The third kappa shape index (κ3) is 3.29. The van der Waals surface area contributed by atoms with Crippen LogP contribution in [0.4, 0.5) is 0 Å². The number of nitrogens with one attached hydrogen (secondary N) is 1. The number of sulfone groups is 1. The summed E-state index contributed by atoms with van der Waals surface area (Å²) in [7, 11) is -3.35. The van der Waals surface area contributed by atoms with Crippen molar-refractivity contribution in [1.29, 1.82) is 0 Å². The first-order chi connectivity index (χ1) is 10.8. The highest BCUT2D eigenvalue weighted by atomic mass is 32.2. The summed E-state index contributed by atoms with van der Waals surface area (Å²) >= 11 is 0. The zero-order valence-electron chi connectivity index (χ0n) is 13.1. The largest absolute Gasteiger partial charge is 0.347 e. The predicted molar refractivity (Wildman–Crippen MR) is 86.1 cm³/mol. The summed E-state index contributed by atoms with van der Waals surface area (Å²) in [6.45, 7) is 2.41. The fourth-order valence-corrected chi connectivity index (χ4v) is 3.89. The topological polar surface area (TPSA) is 81.1 Å². The quantitative estimate of drug-likeness (QED) is 0.919. The summed E-state index contributed by atoms with van der Waals surface area (Å²) in [4.78, 5) is 16.9. The van der Waals surface area contributed by atoms with Crippen LogP contribution >= 0.6 is 0 Å². The van der Waals surface area contributed by atoms with Gasteiger partial charge in [-0.25, -0.2) is 13.4 Å². The molecule has 7 heteroatoms. The summed E-state index contributed by atoms with van der Waals surface area (Å²) < 4.78 is 25.6. The van der Waals surface area contributed by atoms with Gasteiger partial charge in [-0.15, -0.1) is 0 Å². The van der Waals surface area contributed by atoms with Gasteiger partial charge in [0.2, 0.25) is 0 Å². The first-order valence-corrected chi connectivity index (χ1v) is 9.35. The van der Waals surface area contributed by atoms with E-state index in [1.54, 1.807) is 25.3 Å². The van der Waals surface area contributed by atoms with E-state index in [1.807, 2.05) is 10.8 Å². The summed E-state index contributed by atoms with van der Waals surface area (Å²) in [5, 5.41) is 2.98. The van der Waals surface area contributed by atoms with Gasteiger partial charge in [0.1, 0.15) is 5.82 Å². The van der Waals surface area contributed by atoms with Crippen molar-refractivity contribution < 1.29 is 13.2 Å². The van der Waals surface area contributed by atoms with E-state index in [1.165, 1.54) is 6.07 Å². The summed E-state index contributed by atoms with van der Waals surface area (Å²) in [5.41, 5.74) is 1.01. The lowest BCUT2D eigenvalue weighted by atomic mass is 10.1. The van der Waals surface area contributed by atoms with Crippen LogP contribution in [0.15, 0.2) is 35.5 Å². The minimum Gasteiger partial charge on any atom is -0.347 e. The van der Waals surface area contributed by atoms with Gasteiger partial charge in [0.25, 0.3) is 5.91 Å². The highest BCUT2D eigenvalue weighted by Crippen LogP contribution is 2.18. The highest BCUT2D eigenvalue weighted by molar-refractivity contribution is 7.90. The van der Waals surface area contributed by atoms with E-state index >= 15 is 0 Å². The molecule has 1 aliphatic rings. The second-order valence-corrected chi connectivity index (χ2v) is 7.94. The van der Waals surface area contributed by atoms with E-state index in [-0.39, 0.29) is 16.8 Å². The zero-order valence-corrected chi connectivity index (χ0v) is 13.9. The molecular weight excluding hydrogens is 314 g/mol. The molecule has 122 valence electrons. The lowest BCUT2D eigenvalue weighted by molar-refractivity contribution is 0.0927. The maximum atomic E-state index is 12.4. The number of hydrogen-bond acceptors (Lipinski definition) is 4. The lowest BCUT2D eigenvalue weighted by Crippen LogP contribution is -2.40. The predicted octanol–water partition coefficient (Wildman–Crippen LogP) is 1.34. The molecule has 0 unspecified atom stereocenters. The first-order valence-electron chi connectivity index (χ1n) is 7.46. The minimum absolute atomic E-state index is 0.0205. The monoisotopic (exact) mass is 333 g/mol. The van der Waals surface area contributed by atoms with Crippen molar-refractivity contribution in [3.05, 3.63) is 47.5 Å². The number of aromatic nitrogens is 2. The van der Waals surface area contributed by atoms with Crippen LogP contribution in [0.3, 0.4) is 0 Å². The molecule has 3 rings (SSSR count). The Morgan fingerprint density at radius 1 is 1.39 bits per heavy atom. The highest BCUT2D eigenvalue weighted by Gasteiger charge is 2.21. The van der Waals surface area contributed by atoms with Gasteiger partial charge >= 0.3 is 0 Å². The molecular formula is C16H19N3O3S. The molecule has 1 aliphatic heterocycles. The normalized spacial score (nSPS) is 17.6. The lowest BCUT2D eigenvalue weighted by Gasteiger charge is -2.24. The van der Waals surface area contributed by atoms with E-state index in [0.717, 1.165) is 24.9 Å². The molecule has 1 aromatic carbocycles. The molecule has 1 amide bonds. The molecule has 1 atom stereocenters. The molecule has 23 heavy (non-hydrogen) atoms. The fourth-order valence-electron chi connectivity index (χ4n) is 2.89. The van der Waals surface area contributed by atoms with E-state index < -0.39 is 9.84 Å². The van der Waals surface area contributed by atoms with Crippen LogP contribution in [0.2, 0.25) is 0 Å². The molecule has 2 heterocycles. The van der Waals surface area contributed by atoms with Gasteiger partial charge in [-0.05, 0) is 31.0 Å². The van der Waals surface area contributed by atoms with Gasteiger partial charge in [-0.2, -0.15) is 0 Å². The smallest absolute Gasteiger partial charge is 0.251 e. The number of fused-ring (bicyclic) bond motifs is 1. The SMILES string of the molecule is Cc1ccc(C(=O)N[C@@H]2CCc3nccn3C2)cc1S(C)(=O)=O. The van der Waals surface area contributed by atoms with Crippen LogP contribution in [0.5, 0.6) is 0 Å². The third-order valence-electron chi connectivity index (χ3n) is 4.12. The second-order valence-electron chi connectivity index (χ2n) is 5.96. The molecule has 0 saturated carbocycles. The van der Waals surface area contributed by atoms with Crippen LogP contribution in [-0.2, 0) is 22.8 Å². The number of nitrogens with zero attached hydrogens (tertiary/aromatic N) is 2. The molecule has 0 spiro atoms. The zero-order chi connectivity index (χ0) is 16.6. The summed E-state index contributed by atoms with van der Waals surface area (Å²) in [6, 6.07) is 4.79. The number of imidazole rings is 1. The van der Waals surface area contributed by atoms with Crippen LogP contribution in [-0.4, -0.2) is 36.2 Å². The molecule has 0 aliphatic carbocycles. The van der Waals surface area contributed by atoms with Crippen LogP contribution in [0.25, 0.3) is 0 Å². The van der Waals surface area contributed by atoms with Crippen molar-refractivity contribution in [2.24, 2.45) is 0 Å². The molecule has 0 saturated heterocycles. The third-order valence-corrected chi connectivity index (χ3v) is 5.36. The summed E-state index contributed by atoms with van der Waals surface area (Å²) in [5.74, 6) is 0.786. The fraction of sp³-hybridized carbons (Fsp3) is 0.375. The number of benzene rings is 1. The Kier molecular flexibility index (Phi) is 3.97. The number of rotatable bonds is 3. The van der Waals surface area contributed by atoms with Crippen LogP contribution in [0, 0.1) is 6.92 Å². The minimum atomic E-state index is -3.35. The van der Waals surface area contributed by atoms with Crippen molar-refractivity contribution in [2.45, 2.75) is 37.2 Å². The van der Waals surface area contributed by atoms with E-state index in [9.17, 15) is 13.2 Å². The van der Waals surface area contributed by atoms with Gasteiger partial charge < -0.3 is 9.88 Å². The molecule has 2 aromatic rings. The average molecular weight is 333 g/mol. The Morgan fingerprint density at radius 3 is 2.91 bits per heavy atom. The van der Waals surface area contributed by atoms with E-state index in [2.05, 4.69) is 10.3 Å². The van der Waals surface area contributed by atoms with Crippen LogP contribution in [0.1, 0.15) is 28.2 Å². The Morgan fingerprint density at radius 2 is 2.17 bits per heavy atom. The van der Waals surface area contributed by atoms with Gasteiger partial charge in [0.05, 0.1) is 4.90 Å². The van der Waals surface area contributed by atoms with Gasteiger partial charge in [0.15, 0.2) is 9.84 Å². The van der Waals surface area contributed by atoms with Gasteiger partial charge in [0, 0.05) is 43.2 Å². The van der Waals surface area contributed by atoms with Crippen molar-refractivity contribution in [1.82, 2.24) is 14.9 Å². The molecule has 1 aromatic heterocycles. The van der Waals surface area contributed by atoms with E-state index in [0.29, 0.717) is 17.7 Å². The first kappa shape index (κ1) is 15.7. The number of carbonyl (C=O) groups excluding carboxylic acids is 1. The van der Waals surface area contributed by atoms with E-state index in [4.69, 9.17) is 0 Å². The molecule has 0 bridgehead atoms. The van der Waals surface area contributed by atoms with Crippen molar-refractivity contribution in [3.8, 4) is 0 Å². The maximum absolute atomic E-state index is 12.4. The molecule has 6 nitrogen and oxygen atoms in total. The Labute approximate surface area is 135 Å². The average Bonchev–Trinajstić information content (AvgIpc) is 2.94. The number of aryl methyl sites for hydroxylation is 2. The van der Waals surface area contributed by atoms with Crippen LogP contribution < -0.4 is 5.32 Å². The standard InChI is InChI=1S/C16H19N3O3S/c1-11-3-4-12(9-14(11)23(2,21)22)16(20)18-13-5-6-15-17-7-8-19(15)10-13/h3-4,7-9,13H,5-6,10H2,1-2H3,(H,18,20)/t13-/m1/s1. The maximum Gasteiger partial charge on any atom is 0.251 e. The second kappa shape index (κ2) is 5.81.